The third-order valence-electron chi connectivity index (χ3n) is 2.76. The minimum atomic E-state index is -3.68. The minimum Gasteiger partial charge on any atom is -0.477 e. The van der Waals surface area contributed by atoms with Gasteiger partial charge in [-0.15, -0.1) is 0 Å². The van der Waals surface area contributed by atoms with Crippen molar-refractivity contribution in [3.63, 3.8) is 0 Å². The highest BCUT2D eigenvalue weighted by molar-refractivity contribution is 7.99. The SMILES string of the molecule is CCSCCC(C)NS(=O)(=O)c1cc(C(=O)O)n(C)c1. The van der Waals surface area contributed by atoms with Crippen LogP contribution in [0.5, 0.6) is 0 Å². The Hall–Kier alpha value is -0.990. The third kappa shape index (κ3) is 4.53. The summed E-state index contributed by atoms with van der Waals surface area (Å²) in [5.74, 6) is 0.733. The van der Waals surface area contributed by atoms with Crippen molar-refractivity contribution in [3.8, 4) is 0 Å². The number of aromatic nitrogens is 1. The molecule has 0 amide bonds. The van der Waals surface area contributed by atoms with Crippen LogP contribution in [0.2, 0.25) is 0 Å². The first-order chi connectivity index (χ1) is 9.27. The van der Waals surface area contributed by atoms with E-state index in [-0.39, 0.29) is 16.6 Å². The van der Waals surface area contributed by atoms with Crippen LogP contribution in [0.1, 0.15) is 30.8 Å². The van der Waals surface area contributed by atoms with Gasteiger partial charge in [0.05, 0.1) is 0 Å². The highest BCUT2D eigenvalue weighted by Crippen LogP contribution is 2.15. The summed E-state index contributed by atoms with van der Waals surface area (Å²) in [5.41, 5.74) is -0.0560. The first-order valence-corrected chi connectivity index (χ1v) is 8.91. The van der Waals surface area contributed by atoms with Gasteiger partial charge in [0.25, 0.3) is 0 Å². The van der Waals surface area contributed by atoms with Crippen molar-refractivity contribution in [2.24, 2.45) is 7.05 Å². The molecule has 0 saturated carbocycles. The summed E-state index contributed by atoms with van der Waals surface area (Å²) in [6.45, 7) is 3.85. The van der Waals surface area contributed by atoms with Gasteiger partial charge in [0, 0.05) is 19.3 Å². The molecule has 114 valence electrons. The zero-order valence-electron chi connectivity index (χ0n) is 11.8. The van der Waals surface area contributed by atoms with Gasteiger partial charge in [-0.05, 0) is 30.9 Å². The number of sulfonamides is 1. The topological polar surface area (TPSA) is 88.4 Å². The molecule has 1 unspecified atom stereocenters. The minimum absolute atomic E-state index is 0.0209. The monoisotopic (exact) mass is 320 g/mol. The van der Waals surface area contributed by atoms with E-state index in [9.17, 15) is 13.2 Å². The fraction of sp³-hybridized carbons (Fsp3) is 0.583. The summed E-state index contributed by atoms with van der Waals surface area (Å²) in [4.78, 5) is 10.9. The Labute approximate surface area is 123 Å². The Bertz CT molecular complexity index is 566. The standard InChI is InChI=1S/C12H20N2O4S2/c1-4-19-6-5-9(2)13-20(17,18)10-7-11(12(15)16)14(3)8-10/h7-9,13H,4-6H2,1-3H3,(H,15,16). The smallest absolute Gasteiger partial charge is 0.352 e. The molecule has 6 nitrogen and oxygen atoms in total. The Balaban J connectivity index is 2.78. The highest BCUT2D eigenvalue weighted by atomic mass is 32.2. The van der Waals surface area contributed by atoms with Crippen molar-refractivity contribution in [2.75, 3.05) is 11.5 Å². The number of hydrogen-bond donors (Lipinski definition) is 2. The van der Waals surface area contributed by atoms with Gasteiger partial charge in [-0.2, -0.15) is 11.8 Å². The van der Waals surface area contributed by atoms with Crippen LogP contribution >= 0.6 is 11.8 Å². The van der Waals surface area contributed by atoms with Crippen LogP contribution in [-0.4, -0.2) is 41.6 Å². The van der Waals surface area contributed by atoms with Gasteiger partial charge < -0.3 is 9.67 Å². The Morgan fingerprint density at radius 2 is 2.20 bits per heavy atom. The number of thioether (sulfide) groups is 1. The maximum absolute atomic E-state index is 12.1. The molecule has 1 aromatic rings. The number of carboxylic acid groups (broad SMARTS) is 1. The van der Waals surface area contributed by atoms with Gasteiger partial charge in [0.2, 0.25) is 10.0 Å². The second kappa shape index (κ2) is 7.14. The lowest BCUT2D eigenvalue weighted by atomic mass is 10.3. The second-order valence-corrected chi connectivity index (χ2v) is 7.59. The average Bonchev–Trinajstić information content (AvgIpc) is 2.72. The fourth-order valence-corrected chi connectivity index (χ4v) is 3.85. The molecule has 20 heavy (non-hydrogen) atoms. The molecule has 8 heteroatoms. The van der Waals surface area contributed by atoms with Crippen molar-refractivity contribution >= 4 is 27.8 Å². The molecule has 0 aliphatic heterocycles. The first kappa shape index (κ1) is 17.1. The van der Waals surface area contributed by atoms with Crippen molar-refractivity contribution in [1.29, 1.82) is 0 Å². The summed E-state index contributed by atoms with van der Waals surface area (Å²) in [5, 5.41) is 8.93. The van der Waals surface area contributed by atoms with Crippen LogP contribution in [0.25, 0.3) is 0 Å². The van der Waals surface area contributed by atoms with Crippen molar-refractivity contribution in [2.45, 2.75) is 31.2 Å². The summed E-state index contributed by atoms with van der Waals surface area (Å²) >= 11 is 1.75. The van der Waals surface area contributed by atoms with Gasteiger partial charge in [-0.3, -0.25) is 0 Å². The Kier molecular flexibility index (Phi) is 6.09. The van der Waals surface area contributed by atoms with E-state index < -0.39 is 16.0 Å². The number of hydrogen-bond acceptors (Lipinski definition) is 4. The highest BCUT2D eigenvalue weighted by Gasteiger charge is 2.21. The van der Waals surface area contributed by atoms with E-state index in [4.69, 9.17) is 5.11 Å². The molecule has 1 atom stereocenters. The number of aromatic carboxylic acids is 1. The van der Waals surface area contributed by atoms with Crippen LogP contribution in [0.4, 0.5) is 0 Å². The molecule has 0 radical (unpaired) electrons. The van der Waals surface area contributed by atoms with Gasteiger partial charge in [-0.1, -0.05) is 6.92 Å². The maximum Gasteiger partial charge on any atom is 0.352 e. The average molecular weight is 320 g/mol. The molecule has 0 aromatic carbocycles. The molecule has 1 aromatic heterocycles. The summed E-state index contributed by atoms with van der Waals surface area (Å²) in [6.07, 6.45) is 2.04. The number of aryl methyl sites for hydroxylation is 1. The van der Waals surface area contributed by atoms with E-state index in [1.165, 1.54) is 17.8 Å². The van der Waals surface area contributed by atoms with E-state index in [2.05, 4.69) is 11.6 Å². The predicted octanol–water partition coefficient (Wildman–Crippen LogP) is 1.53. The molecular formula is C12H20N2O4S2. The van der Waals surface area contributed by atoms with E-state index in [0.29, 0.717) is 0 Å². The second-order valence-electron chi connectivity index (χ2n) is 4.49. The normalized spacial score (nSPS) is 13.3. The number of nitrogens with zero attached hydrogens (tertiary/aromatic N) is 1. The summed E-state index contributed by atoms with van der Waals surface area (Å²) < 4.78 is 28.1. The molecular weight excluding hydrogens is 300 g/mol. The summed E-state index contributed by atoms with van der Waals surface area (Å²) in [7, 11) is -2.17. The van der Waals surface area contributed by atoms with E-state index in [1.807, 2.05) is 0 Å². The molecule has 0 aliphatic carbocycles. The molecule has 1 heterocycles. The van der Waals surface area contributed by atoms with Crippen LogP contribution in [0.3, 0.4) is 0 Å². The Morgan fingerprint density at radius 1 is 1.55 bits per heavy atom. The number of carbonyl (C=O) groups is 1. The van der Waals surface area contributed by atoms with Gasteiger partial charge in [0.1, 0.15) is 10.6 Å². The van der Waals surface area contributed by atoms with Crippen LogP contribution in [0.15, 0.2) is 17.2 Å². The van der Waals surface area contributed by atoms with Crippen LogP contribution in [-0.2, 0) is 17.1 Å². The first-order valence-electron chi connectivity index (χ1n) is 6.27. The van der Waals surface area contributed by atoms with Crippen molar-refractivity contribution in [3.05, 3.63) is 18.0 Å². The van der Waals surface area contributed by atoms with Crippen LogP contribution < -0.4 is 4.72 Å². The quantitative estimate of drug-likeness (QED) is 0.709. The molecule has 0 fully saturated rings. The fourth-order valence-electron chi connectivity index (χ4n) is 1.69. The van der Waals surface area contributed by atoms with Crippen molar-refractivity contribution in [1.82, 2.24) is 9.29 Å². The number of carboxylic acids is 1. The molecule has 0 spiro atoms. The van der Waals surface area contributed by atoms with Crippen LogP contribution in [0, 0.1) is 0 Å². The number of nitrogens with one attached hydrogen (secondary N) is 1. The molecule has 0 bridgehead atoms. The van der Waals surface area contributed by atoms with Gasteiger partial charge in [-0.25, -0.2) is 17.9 Å². The molecule has 2 N–H and O–H groups in total. The maximum atomic E-state index is 12.1. The summed E-state index contributed by atoms with van der Waals surface area (Å²) in [6, 6.07) is 0.977. The van der Waals surface area contributed by atoms with Gasteiger partial charge in [0.15, 0.2) is 0 Å². The third-order valence-corrected chi connectivity index (χ3v) is 5.25. The lowest BCUT2D eigenvalue weighted by molar-refractivity contribution is 0.0686. The zero-order valence-corrected chi connectivity index (χ0v) is 13.4. The largest absolute Gasteiger partial charge is 0.477 e. The van der Waals surface area contributed by atoms with Gasteiger partial charge >= 0.3 is 5.97 Å². The number of rotatable bonds is 8. The van der Waals surface area contributed by atoms with E-state index in [0.717, 1.165) is 24.0 Å². The zero-order chi connectivity index (χ0) is 15.3. The van der Waals surface area contributed by atoms with Crippen molar-refractivity contribution < 1.29 is 18.3 Å². The lowest BCUT2D eigenvalue weighted by Crippen LogP contribution is -2.32. The van der Waals surface area contributed by atoms with E-state index in [1.54, 1.807) is 18.7 Å². The predicted molar refractivity (Wildman–Crippen MR) is 79.8 cm³/mol. The van der Waals surface area contributed by atoms with E-state index >= 15 is 0 Å². The molecule has 0 saturated heterocycles. The molecule has 1 rings (SSSR count). The Morgan fingerprint density at radius 3 is 2.70 bits per heavy atom. The molecule has 0 aliphatic rings. The lowest BCUT2D eigenvalue weighted by Gasteiger charge is -2.12.